The molecular weight excluding hydrogens is 673 g/mol. The van der Waals surface area contributed by atoms with Crippen LogP contribution in [0.5, 0.6) is 0 Å². The van der Waals surface area contributed by atoms with Gasteiger partial charge in [0.25, 0.3) is 5.91 Å². The van der Waals surface area contributed by atoms with Gasteiger partial charge in [0.05, 0.1) is 11.8 Å². The van der Waals surface area contributed by atoms with E-state index in [9.17, 15) is 32.4 Å². The zero-order chi connectivity index (χ0) is 37.7. The lowest BCUT2D eigenvalue weighted by Gasteiger charge is -2.39. The lowest BCUT2D eigenvalue weighted by Crippen LogP contribution is -2.62. The van der Waals surface area contributed by atoms with E-state index in [0.29, 0.717) is 32.4 Å². The highest BCUT2D eigenvalue weighted by molar-refractivity contribution is 7.89. The number of unbranched alkanes of at least 4 members (excludes halogenated alkanes) is 1. The van der Waals surface area contributed by atoms with Crippen LogP contribution in [-0.2, 0) is 29.2 Å². The molecule has 1 unspecified atom stereocenters. The van der Waals surface area contributed by atoms with E-state index >= 15 is 0 Å². The number of piperidine rings is 1. The summed E-state index contributed by atoms with van der Waals surface area (Å²) in [6, 6.07) is -3.84. The van der Waals surface area contributed by atoms with Crippen molar-refractivity contribution < 1.29 is 32.4 Å². The van der Waals surface area contributed by atoms with Crippen LogP contribution >= 0.6 is 0 Å². The molecule has 14 heteroatoms. The molecule has 0 aromatic carbocycles. The Kier molecular flexibility index (Phi) is 13.4. The van der Waals surface area contributed by atoms with Crippen molar-refractivity contribution in [3.63, 3.8) is 0 Å². The summed E-state index contributed by atoms with van der Waals surface area (Å²) < 4.78 is 27.1. The maximum atomic E-state index is 14.7. The highest BCUT2D eigenvalue weighted by atomic mass is 32.2. The van der Waals surface area contributed by atoms with Crippen molar-refractivity contribution in [2.45, 2.75) is 130 Å². The summed E-state index contributed by atoms with van der Waals surface area (Å²) in [5, 5.41) is 11.4. The van der Waals surface area contributed by atoms with Crippen molar-refractivity contribution >= 4 is 39.6 Å². The summed E-state index contributed by atoms with van der Waals surface area (Å²) in [7, 11) is -3.42. The van der Waals surface area contributed by atoms with Gasteiger partial charge in [-0.05, 0) is 60.7 Å². The molecule has 0 bridgehead atoms. The van der Waals surface area contributed by atoms with E-state index < -0.39 is 63.2 Å². The second kappa shape index (κ2) is 16.8. The summed E-state index contributed by atoms with van der Waals surface area (Å²) in [5.74, 6) is -2.40. The summed E-state index contributed by atoms with van der Waals surface area (Å²) >= 11 is 0. The monoisotopic (exact) mass is 734 g/mol. The molecule has 0 aromatic rings. The molecule has 6 atom stereocenters. The minimum Gasteiger partial charge on any atom is -0.346 e. The Bertz CT molecular complexity index is 1420. The average molecular weight is 735 g/mol. The lowest BCUT2D eigenvalue weighted by atomic mass is 9.83. The Morgan fingerprint density at radius 1 is 0.980 bits per heavy atom. The number of hydrogen-bond donors (Lipinski definition) is 4. The topological polar surface area (TPSA) is 174 Å². The smallest absolute Gasteiger partial charge is 0.315 e. The fourth-order valence-electron chi connectivity index (χ4n) is 8.31. The van der Waals surface area contributed by atoms with Gasteiger partial charge >= 0.3 is 6.03 Å². The molecule has 4 N–H and O–H groups in total. The SMILES string of the molecule is C=CCNC(=O)C(=O)C(CCCC)NC(=O)[C@@H]1[C@@H]2[C@H](CN1C(=O)[C@@H](NC(=O)N[C@H](CN1CCCCS1(=O)=O)C(C)(C)C)C1CCCCC1)C2(C)C. The predicted octanol–water partition coefficient (Wildman–Crippen LogP) is 3.10. The van der Waals surface area contributed by atoms with Gasteiger partial charge in [-0.15, -0.1) is 6.58 Å². The van der Waals surface area contributed by atoms with Gasteiger partial charge in [-0.3, -0.25) is 19.2 Å². The maximum Gasteiger partial charge on any atom is 0.315 e. The second-order valence-electron chi connectivity index (χ2n) is 16.7. The molecule has 0 radical (unpaired) electrons. The Morgan fingerprint density at radius 2 is 1.67 bits per heavy atom. The molecule has 2 aliphatic heterocycles. The Hall–Kier alpha value is -3.00. The number of ketones is 1. The number of nitrogens with zero attached hydrogens (tertiary/aromatic N) is 2. The quantitative estimate of drug-likeness (QED) is 0.148. The zero-order valence-corrected chi connectivity index (χ0v) is 32.4. The molecule has 5 amide bonds. The average Bonchev–Trinajstić information content (AvgIpc) is 3.38. The van der Waals surface area contributed by atoms with E-state index in [0.717, 1.165) is 44.9 Å². The van der Waals surface area contributed by atoms with Gasteiger partial charge in [0, 0.05) is 32.2 Å². The molecule has 0 spiro atoms. The predicted molar refractivity (Wildman–Crippen MR) is 196 cm³/mol. The number of hydrogen-bond acceptors (Lipinski definition) is 7. The van der Waals surface area contributed by atoms with Crippen molar-refractivity contribution in [3.05, 3.63) is 12.7 Å². The van der Waals surface area contributed by atoms with Gasteiger partial charge in [0.1, 0.15) is 12.1 Å². The fourth-order valence-corrected chi connectivity index (χ4v) is 9.92. The van der Waals surface area contributed by atoms with E-state index in [1.807, 2.05) is 27.7 Å². The van der Waals surface area contributed by atoms with Gasteiger partial charge in [-0.1, -0.05) is 79.7 Å². The van der Waals surface area contributed by atoms with Crippen LogP contribution in [0, 0.1) is 28.6 Å². The van der Waals surface area contributed by atoms with Crippen LogP contribution in [0.15, 0.2) is 12.7 Å². The number of rotatable bonds is 15. The molecule has 288 valence electrons. The number of nitrogens with one attached hydrogen (secondary N) is 4. The summed E-state index contributed by atoms with van der Waals surface area (Å²) in [6.45, 7) is 16.5. The molecule has 0 aromatic heterocycles. The molecule has 2 heterocycles. The first-order chi connectivity index (χ1) is 23.9. The molecule has 2 aliphatic carbocycles. The van der Waals surface area contributed by atoms with E-state index in [1.165, 1.54) is 10.4 Å². The molecule has 13 nitrogen and oxygen atoms in total. The maximum absolute atomic E-state index is 14.7. The molecule has 51 heavy (non-hydrogen) atoms. The zero-order valence-electron chi connectivity index (χ0n) is 31.6. The van der Waals surface area contributed by atoms with Crippen molar-refractivity contribution in [2.24, 2.45) is 28.6 Å². The van der Waals surface area contributed by atoms with Crippen LogP contribution in [0.1, 0.15) is 106 Å². The lowest BCUT2D eigenvalue weighted by molar-refractivity contribution is -0.144. The molecule has 4 aliphatic rings. The van der Waals surface area contributed by atoms with Gasteiger partial charge in [-0.2, -0.15) is 4.31 Å². The number of carbonyl (C=O) groups excluding carboxylic acids is 5. The number of urea groups is 1. The highest BCUT2D eigenvalue weighted by Gasteiger charge is 2.69. The summed E-state index contributed by atoms with van der Waals surface area (Å²) in [6.07, 6.45) is 8.93. The fraction of sp³-hybridized carbons (Fsp3) is 0.811. The third kappa shape index (κ3) is 9.71. The number of likely N-dealkylation sites (tertiary alicyclic amines) is 1. The minimum atomic E-state index is -3.42. The molecule has 4 rings (SSSR count). The third-order valence-electron chi connectivity index (χ3n) is 11.7. The van der Waals surface area contributed by atoms with Gasteiger partial charge in [0.15, 0.2) is 0 Å². The normalized spacial score (nSPS) is 26.2. The van der Waals surface area contributed by atoms with Crippen LogP contribution in [-0.4, -0.2) is 103 Å². The minimum absolute atomic E-state index is 0.0791. The van der Waals surface area contributed by atoms with Crippen molar-refractivity contribution in [3.8, 4) is 0 Å². The van der Waals surface area contributed by atoms with E-state index in [4.69, 9.17) is 0 Å². The number of amides is 5. The van der Waals surface area contributed by atoms with E-state index in [2.05, 4.69) is 41.7 Å². The van der Waals surface area contributed by atoms with Crippen LogP contribution in [0.4, 0.5) is 4.79 Å². The van der Waals surface area contributed by atoms with Crippen LogP contribution in [0.25, 0.3) is 0 Å². The van der Waals surface area contributed by atoms with E-state index in [1.54, 1.807) is 4.90 Å². The van der Waals surface area contributed by atoms with Crippen molar-refractivity contribution in [1.29, 1.82) is 0 Å². The number of fused-ring (bicyclic) bond motifs is 1. The van der Waals surface area contributed by atoms with E-state index in [-0.39, 0.29) is 47.9 Å². The number of Topliss-reactive ketones (excluding diaryl/α,β-unsaturated/α-hetero) is 1. The Morgan fingerprint density at radius 3 is 2.27 bits per heavy atom. The van der Waals surface area contributed by atoms with Crippen LogP contribution in [0.3, 0.4) is 0 Å². The summed E-state index contributed by atoms with van der Waals surface area (Å²) in [5.41, 5.74) is -0.670. The van der Waals surface area contributed by atoms with Crippen LogP contribution < -0.4 is 21.3 Å². The van der Waals surface area contributed by atoms with Crippen molar-refractivity contribution in [2.75, 3.05) is 31.9 Å². The van der Waals surface area contributed by atoms with Gasteiger partial charge < -0.3 is 26.2 Å². The third-order valence-corrected chi connectivity index (χ3v) is 13.7. The summed E-state index contributed by atoms with van der Waals surface area (Å²) in [4.78, 5) is 70.0. The highest BCUT2D eigenvalue weighted by Crippen LogP contribution is 2.65. The largest absolute Gasteiger partial charge is 0.346 e. The molecular formula is C37H62N6O7S. The molecule has 4 fully saturated rings. The first kappa shape index (κ1) is 40.8. The van der Waals surface area contributed by atoms with Crippen LogP contribution in [0.2, 0.25) is 0 Å². The molecule has 2 saturated heterocycles. The van der Waals surface area contributed by atoms with Crippen molar-refractivity contribution in [1.82, 2.24) is 30.5 Å². The standard InChI is InChI=1S/C37H62N6O7S/c1-8-10-18-26(31(44)33(46)38-19-9-2)39-32(45)30-28-25(37(28,6)7)22-43(30)34(47)29(24-16-12-11-13-17-24)41-35(48)40-27(36(3,4)5)23-42-20-14-15-21-51(42,49)50/h9,24-30H,2,8,10-23H2,1,3-7H3,(H,38,46)(H,39,45)(H2,40,41,48)/t25-,26?,27+,28-,29-,30-/m0/s1. The first-order valence-corrected chi connectivity index (χ1v) is 20.6. The van der Waals surface area contributed by atoms with Gasteiger partial charge in [0.2, 0.25) is 27.6 Å². The second-order valence-corrected chi connectivity index (χ2v) is 18.8. The number of carbonyl (C=O) groups is 5. The van der Waals surface area contributed by atoms with Gasteiger partial charge in [-0.25, -0.2) is 13.2 Å². The Labute approximate surface area is 304 Å². The Balaban J connectivity index is 1.56. The first-order valence-electron chi connectivity index (χ1n) is 19.0. The number of sulfonamides is 1. The molecule has 2 saturated carbocycles.